The minimum Gasteiger partial charge on any atom is -0.307 e. The van der Waals surface area contributed by atoms with E-state index in [4.69, 9.17) is 0 Å². The first-order valence-electron chi connectivity index (χ1n) is 7.21. The average molecular weight is 250 g/mol. The normalized spacial score (nSPS) is 26.2. The predicted octanol–water partition coefficient (Wildman–Crippen LogP) is 3.53. The topological polar surface area (TPSA) is 24.9 Å². The molecular weight excluding hydrogens is 232 g/mol. The Balaban J connectivity index is 1.78. The summed E-state index contributed by atoms with van der Waals surface area (Å²) in [4.78, 5) is 4.60. The summed E-state index contributed by atoms with van der Waals surface area (Å²) in [5, 5.41) is 4.99. The molecule has 0 saturated carbocycles. The Labute approximate surface area is 113 Å². The van der Waals surface area contributed by atoms with Gasteiger partial charge in [0, 0.05) is 23.7 Å². The van der Waals surface area contributed by atoms with Crippen LogP contribution in [0.2, 0.25) is 0 Å². The third-order valence-electron chi connectivity index (χ3n) is 4.42. The van der Waals surface area contributed by atoms with E-state index in [0.29, 0.717) is 6.04 Å². The largest absolute Gasteiger partial charge is 0.307 e. The van der Waals surface area contributed by atoms with Gasteiger partial charge in [-0.2, -0.15) is 0 Å². The molecule has 2 bridgehead atoms. The first-order valence-corrected chi connectivity index (χ1v) is 7.21. The van der Waals surface area contributed by atoms with Crippen molar-refractivity contribution in [2.24, 2.45) is 0 Å². The average Bonchev–Trinajstić information content (AvgIpc) is 2.80. The van der Waals surface area contributed by atoms with Crippen LogP contribution in [-0.4, -0.2) is 17.1 Å². The third kappa shape index (κ3) is 1.96. The first-order chi connectivity index (χ1) is 9.40. The zero-order valence-corrected chi connectivity index (χ0v) is 11.0. The standard InChI is InChI=1S/C17H18N2/c1-2-7-16-12(4-1)10-13(11-18-16)15-6-3-5-14-8-9-17(15)19-14/h1-2,4,6-7,10-11,14,17,19H,3,5,8-9H2. The van der Waals surface area contributed by atoms with E-state index in [1.54, 1.807) is 0 Å². The predicted molar refractivity (Wildman–Crippen MR) is 78.9 cm³/mol. The van der Waals surface area contributed by atoms with Crippen molar-refractivity contribution >= 4 is 16.5 Å². The zero-order chi connectivity index (χ0) is 12.7. The molecule has 0 radical (unpaired) electrons. The van der Waals surface area contributed by atoms with Crippen LogP contribution in [0.5, 0.6) is 0 Å². The van der Waals surface area contributed by atoms with Gasteiger partial charge in [0.05, 0.1) is 5.52 Å². The Morgan fingerprint density at radius 3 is 3.05 bits per heavy atom. The number of nitrogens with one attached hydrogen (secondary N) is 1. The van der Waals surface area contributed by atoms with E-state index in [1.807, 2.05) is 12.3 Å². The number of para-hydroxylation sites is 1. The number of fused-ring (bicyclic) bond motifs is 3. The molecule has 2 aliphatic heterocycles. The highest BCUT2D eigenvalue weighted by Gasteiger charge is 2.28. The van der Waals surface area contributed by atoms with Crippen LogP contribution < -0.4 is 5.32 Å². The van der Waals surface area contributed by atoms with Crippen LogP contribution >= 0.6 is 0 Å². The molecule has 1 aromatic carbocycles. The van der Waals surface area contributed by atoms with Crippen LogP contribution in [0.25, 0.3) is 16.5 Å². The second-order valence-electron chi connectivity index (χ2n) is 5.65. The minimum atomic E-state index is 0.537. The van der Waals surface area contributed by atoms with Crippen LogP contribution in [0.3, 0.4) is 0 Å². The molecule has 96 valence electrons. The summed E-state index contributed by atoms with van der Waals surface area (Å²) in [5.41, 5.74) is 3.83. The number of hydrogen-bond acceptors (Lipinski definition) is 2. The fraction of sp³-hybridized carbons (Fsp3) is 0.353. The molecule has 1 fully saturated rings. The number of aromatic nitrogens is 1. The molecule has 2 unspecified atom stereocenters. The Hall–Kier alpha value is -1.67. The van der Waals surface area contributed by atoms with Gasteiger partial charge in [-0.3, -0.25) is 4.98 Å². The molecule has 2 aromatic rings. The lowest BCUT2D eigenvalue weighted by molar-refractivity contribution is 0.559. The number of benzene rings is 1. The molecule has 1 saturated heterocycles. The Kier molecular flexibility index (Phi) is 2.63. The van der Waals surface area contributed by atoms with Gasteiger partial charge in [0.15, 0.2) is 0 Å². The van der Waals surface area contributed by atoms with E-state index >= 15 is 0 Å². The number of nitrogens with zero attached hydrogens (tertiary/aromatic N) is 1. The fourth-order valence-corrected chi connectivity index (χ4v) is 3.42. The monoisotopic (exact) mass is 250 g/mol. The quantitative estimate of drug-likeness (QED) is 0.837. The fourth-order valence-electron chi connectivity index (χ4n) is 3.42. The molecule has 1 N–H and O–H groups in total. The van der Waals surface area contributed by atoms with E-state index in [2.05, 4.69) is 40.6 Å². The highest BCUT2D eigenvalue weighted by atomic mass is 15.0. The van der Waals surface area contributed by atoms with Crippen molar-refractivity contribution in [2.75, 3.05) is 0 Å². The van der Waals surface area contributed by atoms with Gasteiger partial charge in [-0.15, -0.1) is 0 Å². The smallest absolute Gasteiger partial charge is 0.0702 e. The van der Waals surface area contributed by atoms with Crippen molar-refractivity contribution in [3.05, 3.63) is 48.2 Å². The molecule has 0 aliphatic carbocycles. The van der Waals surface area contributed by atoms with E-state index in [0.717, 1.165) is 11.6 Å². The van der Waals surface area contributed by atoms with Crippen LogP contribution in [0.4, 0.5) is 0 Å². The summed E-state index contributed by atoms with van der Waals surface area (Å²) < 4.78 is 0. The second kappa shape index (κ2) is 4.46. The Morgan fingerprint density at radius 1 is 1.11 bits per heavy atom. The van der Waals surface area contributed by atoms with Crippen molar-refractivity contribution in [2.45, 2.75) is 37.8 Å². The lowest BCUT2D eigenvalue weighted by atomic mass is 9.94. The Morgan fingerprint density at radius 2 is 2.05 bits per heavy atom. The van der Waals surface area contributed by atoms with Gasteiger partial charge in [-0.05, 0) is 49.0 Å². The maximum atomic E-state index is 4.60. The van der Waals surface area contributed by atoms with Gasteiger partial charge >= 0.3 is 0 Å². The third-order valence-corrected chi connectivity index (χ3v) is 4.42. The Bertz CT molecular complexity index is 645. The lowest BCUT2D eigenvalue weighted by Crippen LogP contribution is -2.28. The molecule has 2 atom stereocenters. The van der Waals surface area contributed by atoms with Crippen LogP contribution in [0.1, 0.15) is 31.2 Å². The van der Waals surface area contributed by atoms with Crippen LogP contribution in [-0.2, 0) is 0 Å². The molecule has 1 aromatic heterocycles. The van der Waals surface area contributed by atoms with Crippen LogP contribution in [0, 0.1) is 0 Å². The summed E-state index contributed by atoms with van der Waals surface area (Å²) in [6.07, 6.45) is 9.51. The first kappa shape index (κ1) is 11.2. The molecule has 2 nitrogen and oxygen atoms in total. The molecule has 3 heterocycles. The molecule has 19 heavy (non-hydrogen) atoms. The van der Waals surface area contributed by atoms with E-state index in [-0.39, 0.29) is 0 Å². The minimum absolute atomic E-state index is 0.537. The highest BCUT2D eigenvalue weighted by Crippen LogP contribution is 2.32. The van der Waals surface area contributed by atoms with E-state index in [9.17, 15) is 0 Å². The van der Waals surface area contributed by atoms with Crippen molar-refractivity contribution in [3.8, 4) is 0 Å². The van der Waals surface area contributed by atoms with Gasteiger partial charge in [-0.1, -0.05) is 24.3 Å². The maximum absolute atomic E-state index is 4.60. The number of hydrogen-bond donors (Lipinski definition) is 1. The lowest BCUT2D eigenvalue weighted by Gasteiger charge is -2.15. The molecule has 2 heteroatoms. The molecule has 2 aliphatic rings. The van der Waals surface area contributed by atoms with Crippen molar-refractivity contribution in [1.82, 2.24) is 10.3 Å². The molecule has 0 spiro atoms. The highest BCUT2D eigenvalue weighted by molar-refractivity contribution is 5.83. The van der Waals surface area contributed by atoms with Crippen molar-refractivity contribution < 1.29 is 0 Å². The molecule has 4 rings (SSSR count). The van der Waals surface area contributed by atoms with Gasteiger partial charge < -0.3 is 5.32 Å². The summed E-state index contributed by atoms with van der Waals surface area (Å²) in [5.74, 6) is 0. The van der Waals surface area contributed by atoms with Crippen molar-refractivity contribution in [3.63, 3.8) is 0 Å². The molecular formula is C17H18N2. The number of allylic oxidation sites excluding steroid dienone is 1. The SMILES string of the molecule is C1=C(c2cnc3ccccc3c2)C2CCC(CC1)N2. The maximum Gasteiger partial charge on any atom is 0.0702 e. The van der Waals surface area contributed by atoms with E-state index < -0.39 is 0 Å². The van der Waals surface area contributed by atoms with Gasteiger partial charge in [0.25, 0.3) is 0 Å². The summed E-state index contributed by atoms with van der Waals surface area (Å²) in [6, 6.07) is 11.9. The van der Waals surface area contributed by atoms with Gasteiger partial charge in [0.1, 0.15) is 0 Å². The summed E-state index contributed by atoms with van der Waals surface area (Å²) in [6.45, 7) is 0. The number of rotatable bonds is 1. The van der Waals surface area contributed by atoms with E-state index in [1.165, 1.54) is 42.2 Å². The van der Waals surface area contributed by atoms with Crippen LogP contribution in [0.15, 0.2) is 42.6 Å². The summed E-state index contributed by atoms with van der Waals surface area (Å²) in [7, 11) is 0. The van der Waals surface area contributed by atoms with Gasteiger partial charge in [-0.25, -0.2) is 0 Å². The van der Waals surface area contributed by atoms with Crippen molar-refractivity contribution in [1.29, 1.82) is 0 Å². The molecule has 0 amide bonds. The second-order valence-corrected chi connectivity index (χ2v) is 5.65. The van der Waals surface area contributed by atoms with Gasteiger partial charge in [0.2, 0.25) is 0 Å². The number of pyridine rings is 1. The summed E-state index contributed by atoms with van der Waals surface area (Å²) >= 11 is 0. The zero-order valence-electron chi connectivity index (χ0n) is 11.0.